The fraction of sp³-hybridized carbons (Fsp3) is 0.115. The Kier molecular flexibility index (Phi) is 8.68. The van der Waals surface area contributed by atoms with Gasteiger partial charge in [-0.2, -0.15) is 5.01 Å². The number of rotatable bonds is 8. The lowest BCUT2D eigenvalue weighted by Gasteiger charge is -2.15. The van der Waals surface area contributed by atoms with Crippen LogP contribution >= 0.6 is 51.5 Å². The second-order valence-electron chi connectivity index (χ2n) is 7.52. The molecule has 10 heteroatoms. The van der Waals surface area contributed by atoms with Gasteiger partial charge in [0.15, 0.2) is 15.8 Å². The zero-order valence-electron chi connectivity index (χ0n) is 19.0. The number of carbonyl (C=O) groups excluding carboxylic acids is 2. The summed E-state index contributed by atoms with van der Waals surface area (Å²) in [7, 11) is 0. The van der Waals surface area contributed by atoms with Gasteiger partial charge in [-0.1, -0.05) is 57.5 Å². The third-order valence-electron chi connectivity index (χ3n) is 4.99. The molecule has 0 saturated carbocycles. The van der Waals surface area contributed by atoms with Gasteiger partial charge in [0.2, 0.25) is 0 Å². The van der Waals surface area contributed by atoms with Crippen LogP contribution in [-0.2, 0) is 11.4 Å². The Labute approximate surface area is 231 Å². The lowest BCUT2D eigenvalue weighted by molar-refractivity contribution is -0.123. The molecule has 6 nitrogen and oxygen atoms in total. The van der Waals surface area contributed by atoms with E-state index in [-0.39, 0.29) is 4.32 Å². The minimum Gasteiger partial charge on any atom is -0.490 e. The molecule has 0 bridgehead atoms. The van der Waals surface area contributed by atoms with Gasteiger partial charge in [-0.05, 0) is 84.9 Å². The molecule has 0 aromatic heterocycles. The van der Waals surface area contributed by atoms with Crippen molar-refractivity contribution < 1.29 is 19.1 Å². The van der Waals surface area contributed by atoms with Crippen molar-refractivity contribution in [3.8, 4) is 11.5 Å². The number of nitrogens with zero attached hydrogens (tertiary/aromatic N) is 1. The number of hydrogen-bond acceptors (Lipinski definition) is 6. The Morgan fingerprint density at radius 2 is 1.81 bits per heavy atom. The number of hydrazine groups is 1. The smallest absolute Gasteiger partial charge is 0.285 e. The summed E-state index contributed by atoms with van der Waals surface area (Å²) in [6.07, 6.45) is 1.70. The monoisotopic (exact) mass is 602 g/mol. The molecule has 3 aromatic carbocycles. The zero-order chi connectivity index (χ0) is 25.7. The lowest BCUT2D eigenvalue weighted by Crippen LogP contribution is -2.44. The summed E-state index contributed by atoms with van der Waals surface area (Å²) in [5.41, 5.74) is 4.69. The first-order chi connectivity index (χ1) is 17.3. The zero-order valence-corrected chi connectivity index (χ0v) is 23.0. The van der Waals surface area contributed by atoms with Crippen molar-refractivity contribution in [1.29, 1.82) is 0 Å². The highest BCUT2D eigenvalue weighted by molar-refractivity contribution is 9.10. The highest BCUT2D eigenvalue weighted by atomic mass is 79.9. The van der Waals surface area contributed by atoms with Crippen molar-refractivity contribution in [2.24, 2.45) is 0 Å². The van der Waals surface area contributed by atoms with Crippen LogP contribution in [-0.4, -0.2) is 27.8 Å². The minimum atomic E-state index is -0.430. The number of hydrogen-bond donors (Lipinski definition) is 1. The molecule has 184 valence electrons. The van der Waals surface area contributed by atoms with Crippen molar-refractivity contribution in [3.63, 3.8) is 0 Å². The number of nitrogens with one attached hydrogen (secondary N) is 1. The third-order valence-corrected chi connectivity index (χ3v) is 7.07. The van der Waals surface area contributed by atoms with Crippen molar-refractivity contribution in [3.05, 3.63) is 97.8 Å². The Bertz CT molecular complexity index is 1330. The molecule has 1 aliphatic heterocycles. The second-order valence-corrected chi connectivity index (χ2v) is 10.5. The van der Waals surface area contributed by atoms with E-state index in [0.717, 1.165) is 32.4 Å². The summed E-state index contributed by atoms with van der Waals surface area (Å²) in [5, 5.41) is 1.75. The molecule has 4 rings (SSSR count). The summed E-state index contributed by atoms with van der Waals surface area (Å²) in [6.45, 7) is 2.69. The molecular formula is C26H20BrClN2O4S2. The van der Waals surface area contributed by atoms with Crippen LogP contribution in [0.15, 0.2) is 76.1 Å². The molecule has 0 atom stereocenters. The van der Waals surface area contributed by atoms with Gasteiger partial charge in [-0.15, -0.1) is 0 Å². The van der Waals surface area contributed by atoms with Gasteiger partial charge >= 0.3 is 0 Å². The Morgan fingerprint density at radius 3 is 2.50 bits per heavy atom. The number of ether oxygens (including phenoxy) is 2. The maximum Gasteiger partial charge on any atom is 0.285 e. The van der Waals surface area contributed by atoms with Crippen LogP contribution in [0.1, 0.15) is 28.4 Å². The van der Waals surface area contributed by atoms with Crippen LogP contribution in [0.2, 0.25) is 5.02 Å². The van der Waals surface area contributed by atoms with Gasteiger partial charge < -0.3 is 9.47 Å². The first kappa shape index (κ1) is 26.2. The van der Waals surface area contributed by atoms with Crippen LogP contribution in [0.4, 0.5) is 0 Å². The standard InChI is InChI=1S/C26H20BrClN2O4S2/c1-2-33-22-13-17(5-12-21(22)34-15-16-3-10-20(28)11-4-16)14-23-25(32)30(26(35)36-23)29-24(31)18-6-8-19(27)9-7-18/h3-14H,2,15H2,1H3,(H,29,31)/b23-14-. The van der Waals surface area contributed by atoms with Gasteiger partial charge in [0, 0.05) is 15.1 Å². The summed E-state index contributed by atoms with van der Waals surface area (Å²) < 4.78 is 12.8. The quantitative estimate of drug-likeness (QED) is 0.230. The Morgan fingerprint density at radius 1 is 1.08 bits per heavy atom. The van der Waals surface area contributed by atoms with E-state index in [2.05, 4.69) is 21.4 Å². The second kappa shape index (κ2) is 11.9. The van der Waals surface area contributed by atoms with E-state index < -0.39 is 11.8 Å². The van der Waals surface area contributed by atoms with E-state index in [1.54, 1.807) is 42.5 Å². The van der Waals surface area contributed by atoms with Gasteiger partial charge in [0.1, 0.15) is 6.61 Å². The average molecular weight is 604 g/mol. The minimum absolute atomic E-state index is 0.240. The molecule has 1 fully saturated rings. The van der Waals surface area contributed by atoms with Crippen molar-refractivity contribution >= 4 is 73.7 Å². The Hall–Kier alpha value is -2.85. The SMILES string of the molecule is CCOc1cc(/C=C2\SC(=S)N(NC(=O)c3ccc(Br)cc3)C2=O)ccc1OCc1ccc(Cl)cc1. The van der Waals surface area contributed by atoms with Crippen molar-refractivity contribution in [1.82, 2.24) is 10.4 Å². The molecule has 0 spiro atoms. The maximum atomic E-state index is 13.0. The number of carbonyl (C=O) groups is 2. The number of benzene rings is 3. The van der Waals surface area contributed by atoms with Gasteiger partial charge in [0.25, 0.3) is 11.8 Å². The molecule has 1 heterocycles. The summed E-state index contributed by atoms with van der Waals surface area (Å²) in [5.74, 6) is 0.301. The van der Waals surface area contributed by atoms with Gasteiger partial charge in [-0.3, -0.25) is 15.0 Å². The summed E-state index contributed by atoms with van der Waals surface area (Å²) in [4.78, 5) is 25.9. The van der Waals surface area contributed by atoms with Crippen molar-refractivity contribution in [2.45, 2.75) is 13.5 Å². The number of amides is 2. The molecule has 0 unspecified atom stereocenters. The molecule has 2 amide bonds. The molecule has 3 aromatic rings. The fourth-order valence-electron chi connectivity index (χ4n) is 3.23. The first-order valence-corrected chi connectivity index (χ1v) is 13.2. The molecule has 1 N–H and O–H groups in total. The molecule has 1 saturated heterocycles. The predicted octanol–water partition coefficient (Wildman–Crippen LogP) is 6.63. The van der Waals surface area contributed by atoms with E-state index in [1.807, 2.05) is 37.3 Å². The average Bonchev–Trinajstić information content (AvgIpc) is 3.12. The highest BCUT2D eigenvalue weighted by Crippen LogP contribution is 2.34. The van der Waals surface area contributed by atoms with E-state index in [1.165, 1.54) is 0 Å². The fourth-order valence-corrected chi connectivity index (χ4v) is 4.80. The van der Waals surface area contributed by atoms with Gasteiger partial charge in [-0.25, -0.2) is 0 Å². The van der Waals surface area contributed by atoms with E-state index in [4.69, 9.17) is 33.3 Å². The van der Waals surface area contributed by atoms with E-state index >= 15 is 0 Å². The molecule has 0 aliphatic carbocycles. The van der Waals surface area contributed by atoms with E-state index in [9.17, 15) is 9.59 Å². The third kappa shape index (κ3) is 6.47. The summed E-state index contributed by atoms with van der Waals surface area (Å²) >= 11 is 15.7. The van der Waals surface area contributed by atoms with Crippen LogP contribution in [0.3, 0.4) is 0 Å². The molecule has 1 aliphatic rings. The number of halogens is 2. The molecule has 0 radical (unpaired) electrons. The summed E-state index contributed by atoms with van der Waals surface area (Å²) in [6, 6.07) is 19.6. The lowest BCUT2D eigenvalue weighted by atomic mass is 10.1. The highest BCUT2D eigenvalue weighted by Gasteiger charge is 2.33. The number of thiocarbonyl (C=S) groups is 1. The Balaban J connectivity index is 1.48. The normalized spacial score (nSPS) is 14.3. The van der Waals surface area contributed by atoms with Crippen LogP contribution < -0.4 is 14.9 Å². The van der Waals surface area contributed by atoms with E-state index in [0.29, 0.717) is 40.2 Å². The number of thioether (sulfide) groups is 1. The largest absolute Gasteiger partial charge is 0.490 e. The topological polar surface area (TPSA) is 67.9 Å². The van der Waals surface area contributed by atoms with Crippen LogP contribution in [0.5, 0.6) is 11.5 Å². The van der Waals surface area contributed by atoms with Crippen LogP contribution in [0, 0.1) is 0 Å². The molecular weight excluding hydrogens is 584 g/mol. The predicted molar refractivity (Wildman–Crippen MR) is 150 cm³/mol. The van der Waals surface area contributed by atoms with Crippen LogP contribution in [0.25, 0.3) is 6.08 Å². The van der Waals surface area contributed by atoms with Gasteiger partial charge in [0.05, 0.1) is 11.5 Å². The maximum absolute atomic E-state index is 13.0. The van der Waals surface area contributed by atoms with Crippen molar-refractivity contribution in [2.75, 3.05) is 6.61 Å². The first-order valence-electron chi connectivity index (χ1n) is 10.8. The molecule has 36 heavy (non-hydrogen) atoms.